The monoisotopic (exact) mass is 379 g/mol. The van der Waals surface area contributed by atoms with Crippen LogP contribution in [0.4, 0.5) is 5.69 Å². The van der Waals surface area contributed by atoms with E-state index < -0.39 is 0 Å². The fourth-order valence-corrected chi connectivity index (χ4v) is 2.71. The number of benzene rings is 1. The molecule has 0 atom stereocenters. The second-order valence-electron chi connectivity index (χ2n) is 7.00. The maximum absolute atomic E-state index is 12.2. The van der Waals surface area contributed by atoms with Crippen LogP contribution < -0.4 is 14.8 Å². The van der Waals surface area contributed by atoms with E-state index in [-0.39, 0.29) is 5.91 Å². The van der Waals surface area contributed by atoms with E-state index in [0.717, 1.165) is 16.9 Å². The summed E-state index contributed by atoms with van der Waals surface area (Å²) in [6, 6.07) is 9.29. The van der Waals surface area contributed by atoms with Crippen LogP contribution in [-0.2, 0) is 4.79 Å². The van der Waals surface area contributed by atoms with Gasteiger partial charge in [0.2, 0.25) is 5.91 Å². The first kappa shape index (κ1) is 19.5. The van der Waals surface area contributed by atoms with E-state index in [4.69, 9.17) is 9.47 Å². The number of nitrogens with one attached hydrogen (secondary N) is 1. The van der Waals surface area contributed by atoms with Crippen LogP contribution in [0.25, 0.3) is 11.7 Å². The van der Waals surface area contributed by atoms with Crippen molar-refractivity contribution in [3.63, 3.8) is 0 Å². The van der Waals surface area contributed by atoms with Crippen LogP contribution in [-0.4, -0.2) is 29.0 Å². The number of anilines is 1. The van der Waals surface area contributed by atoms with Crippen molar-refractivity contribution in [2.24, 2.45) is 5.92 Å². The summed E-state index contributed by atoms with van der Waals surface area (Å²) in [6.45, 7) is 6.73. The first-order valence-electron chi connectivity index (χ1n) is 9.20. The number of aromatic nitrogens is 2. The number of ether oxygens (including phenoxy) is 2. The number of imidazole rings is 1. The molecule has 6 nitrogen and oxygen atoms in total. The van der Waals surface area contributed by atoms with Crippen molar-refractivity contribution in [2.75, 3.05) is 19.0 Å². The minimum Gasteiger partial charge on any atom is -0.493 e. The van der Waals surface area contributed by atoms with E-state index in [1.165, 1.54) is 6.08 Å². The van der Waals surface area contributed by atoms with E-state index in [1.807, 2.05) is 54.0 Å². The molecule has 2 heterocycles. The Morgan fingerprint density at radius 2 is 2.04 bits per heavy atom. The Morgan fingerprint density at radius 1 is 1.21 bits per heavy atom. The highest BCUT2D eigenvalue weighted by molar-refractivity contribution is 6.01. The van der Waals surface area contributed by atoms with Crippen molar-refractivity contribution in [2.45, 2.75) is 20.8 Å². The number of methoxy groups -OCH3 is 1. The maximum Gasteiger partial charge on any atom is 0.248 e. The Kier molecular flexibility index (Phi) is 5.99. The van der Waals surface area contributed by atoms with Gasteiger partial charge in [0.15, 0.2) is 11.5 Å². The lowest BCUT2D eigenvalue weighted by molar-refractivity contribution is -0.111. The second kappa shape index (κ2) is 8.61. The lowest BCUT2D eigenvalue weighted by atomic mass is 10.2. The van der Waals surface area contributed by atoms with Crippen LogP contribution in [0.15, 0.2) is 48.8 Å². The summed E-state index contributed by atoms with van der Waals surface area (Å²) < 4.78 is 13.0. The molecule has 3 aromatic rings. The third-order valence-corrected chi connectivity index (χ3v) is 4.03. The molecular formula is C22H25N3O3. The zero-order chi connectivity index (χ0) is 20.1. The molecule has 0 bridgehead atoms. The Bertz CT molecular complexity index is 1010. The Hall–Kier alpha value is -3.28. The number of aryl methyl sites for hydroxylation is 1. The number of hydrogen-bond acceptors (Lipinski definition) is 4. The molecule has 0 aliphatic carbocycles. The van der Waals surface area contributed by atoms with E-state index in [1.54, 1.807) is 13.2 Å². The molecule has 0 saturated carbocycles. The number of amides is 1. The minimum absolute atomic E-state index is 0.213. The zero-order valence-electron chi connectivity index (χ0n) is 16.6. The molecule has 1 N–H and O–H groups in total. The average Bonchev–Trinajstić information content (AvgIpc) is 3.04. The molecule has 1 aromatic carbocycles. The molecule has 0 radical (unpaired) electrons. The van der Waals surface area contributed by atoms with Crippen LogP contribution in [0.1, 0.15) is 25.1 Å². The highest BCUT2D eigenvalue weighted by Crippen LogP contribution is 2.29. The molecule has 0 unspecified atom stereocenters. The van der Waals surface area contributed by atoms with Gasteiger partial charge >= 0.3 is 0 Å². The van der Waals surface area contributed by atoms with Gasteiger partial charge in [-0.3, -0.25) is 4.79 Å². The van der Waals surface area contributed by atoms with Gasteiger partial charge in [0, 0.05) is 18.5 Å². The molecule has 0 aliphatic heterocycles. The van der Waals surface area contributed by atoms with Gasteiger partial charge in [-0.05, 0) is 48.7 Å². The summed E-state index contributed by atoms with van der Waals surface area (Å²) >= 11 is 0. The third-order valence-electron chi connectivity index (χ3n) is 4.03. The molecule has 28 heavy (non-hydrogen) atoms. The molecule has 1 amide bonds. The molecule has 0 aliphatic rings. The Labute approximate surface area is 164 Å². The van der Waals surface area contributed by atoms with Crippen LogP contribution in [0.2, 0.25) is 0 Å². The summed E-state index contributed by atoms with van der Waals surface area (Å²) in [5.74, 6) is 1.56. The number of carbonyl (C=O) groups excluding carboxylic acids is 1. The van der Waals surface area contributed by atoms with Crippen molar-refractivity contribution < 1.29 is 14.3 Å². The lowest BCUT2D eigenvalue weighted by Gasteiger charge is -2.12. The van der Waals surface area contributed by atoms with Crippen molar-refractivity contribution in [3.05, 3.63) is 60.1 Å². The molecule has 6 heteroatoms. The quantitative estimate of drug-likeness (QED) is 0.620. The van der Waals surface area contributed by atoms with Gasteiger partial charge in [-0.2, -0.15) is 0 Å². The number of nitrogens with zero attached hydrogens (tertiary/aromatic N) is 2. The minimum atomic E-state index is -0.213. The van der Waals surface area contributed by atoms with Gasteiger partial charge in [-0.1, -0.05) is 19.9 Å². The second-order valence-corrected chi connectivity index (χ2v) is 7.00. The highest BCUT2D eigenvalue weighted by Gasteiger charge is 2.07. The summed E-state index contributed by atoms with van der Waals surface area (Å²) in [5, 5.41) is 2.86. The van der Waals surface area contributed by atoms with Crippen molar-refractivity contribution in [1.29, 1.82) is 0 Å². The van der Waals surface area contributed by atoms with Gasteiger partial charge < -0.3 is 19.2 Å². The van der Waals surface area contributed by atoms with Gasteiger partial charge in [0.05, 0.1) is 25.1 Å². The molecule has 2 aromatic heterocycles. The van der Waals surface area contributed by atoms with Crippen LogP contribution >= 0.6 is 0 Å². The average molecular weight is 379 g/mol. The predicted octanol–water partition coefficient (Wildman–Crippen LogP) is 4.34. The molecular weight excluding hydrogens is 354 g/mol. The summed E-state index contributed by atoms with van der Waals surface area (Å²) in [5.41, 5.74) is 3.33. The van der Waals surface area contributed by atoms with Crippen molar-refractivity contribution >= 4 is 23.3 Å². The largest absolute Gasteiger partial charge is 0.493 e. The molecule has 3 rings (SSSR count). The van der Waals surface area contributed by atoms with E-state index in [0.29, 0.717) is 29.7 Å². The van der Waals surface area contributed by atoms with E-state index in [2.05, 4.69) is 24.1 Å². The van der Waals surface area contributed by atoms with Crippen LogP contribution in [0, 0.1) is 12.8 Å². The van der Waals surface area contributed by atoms with Gasteiger partial charge in [-0.15, -0.1) is 0 Å². The van der Waals surface area contributed by atoms with E-state index >= 15 is 0 Å². The Morgan fingerprint density at radius 3 is 2.79 bits per heavy atom. The van der Waals surface area contributed by atoms with Crippen molar-refractivity contribution in [1.82, 2.24) is 9.38 Å². The number of fused-ring (bicyclic) bond motifs is 1. The number of pyridine rings is 1. The molecule has 0 fully saturated rings. The molecule has 0 saturated heterocycles. The SMILES string of the molecule is COc1cc(/C=C\C(=O)Nc2ccc3nc(C)cn3c2)ccc1OCC(C)C. The smallest absolute Gasteiger partial charge is 0.248 e. The van der Waals surface area contributed by atoms with Crippen LogP contribution in [0.3, 0.4) is 0 Å². The standard InChI is InChI=1S/C22H25N3O3/c1-15(2)14-28-19-8-5-17(11-20(19)27-4)6-10-22(26)24-18-7-9-21-23-16(3)12-25(21)13-18/h5-13,15H,14H2,1-4H3,(H,24,26)/b10-6-. The topological polar surface area (TPSA) is 64.9 Å². The molecule has 146 valence electrons. The zero-order valence-corrected chi connectivity index (χ0v) is 16.6. The van der Waals surface area contributed by atoms with Gasteiger partial charge in [0.25, 0.3) is 0 Å². The first-order valence-corrected chi connectivity index (χ1v) is 9.20. The fourth-order valence-electron chi connectivity index (χ4n) is 2.71. The highest BCUT2D eigenvalue weighted by atomic mass is 16.5. The van der Waals surface area contributed by atoms with E-state index in [9.17, 15) is 4.79 Å². The lowest BCUT2D eigenvalue weighted by Crippen LogP contribution is -2.08. The third kappa shape index (κ3) is 4.91. The Balaban J connectivity index is 1.67. The number of hydrogen-bond donors (Lipinski definition) is 1. The van der Waals surface area contributed by atoms with Gasteiger partial charge in [-0.25, -0.2) is 4.98 Å². The molecule has 0 spiro atoms. The van der Waals surface area contributed by atoms with Crippen LogP contribution in [0.5, 0.6) is 11.5 Å². The summed E-state index contributed by atoms with van der Waals surface area (Å²) in [4.78, 5) is 16.6. The maximum atomic E-state index is 12.2. The predicted molar refractivity (Wildman–Crippen MR) is 111 cm³/mol. The number of carbonyl (C=O) groups is 1. The normalized spacial score (nSPS) is 11.3. The summed E-state index contributed by atoms with van der Waals surface area (Å²) in [7, 11) is 1.60. The first-order chi connectivity index (χ1) is 13.4. The summed E-state index contributed by atoms with van der Waals surface area (Å²) in [6.07, 6.45) is 6.98. The van der Waals surface area contributed by atoms with Gasteiger partial charge in [0.1, 0.15) is 5.65 Å². The fraction of sp³-hybridized carbons (Fsp3) is 0.273. The number of rotatable bonds is 7. The van der Waals surface area contributed by atoms with Crippen molar-refractivity contribution in [3.8, 4) is 11.5 Å².